The molecule has 1 aromatic rings. The van der Waals surface area contributed by atoms with Crippen molar-refractivity contribution in [2.45, 2.75) is 24.7 Å². The number of aromatic nitrogens is 1. The first-order valence-corrected chi connectivity index (χ1v) is 7.71. The number of nitrogens with two attached hydrogens (primary N) is 1. The van der Waals surface area contributed by atoms with E-state index >= 15 is 0 Å². The quantitative estimate of drug-likeness (QED) is 0.882. The second kappa shape index (κ2) is 4.21. The van der Waals surface area contributed by atoms with Crippen LogP contribution in [0.4, 0.5) is 10.8 Å². The third-order valence-corrected chi connectivity index (χ3v) is 5.58. The lowest BCUT2D eigenvalue weighted by Gasteiger charge is -2.16. The van der Waals surface area contributed by atoms with Gasteiger partial charge >= 0.3 is 0 Å². The Labute approximate surface area is 99.3 Å². The molecule has 1 aliphatic rings. The van der Waals surface area contributed by atoms with Gasteiger partial charge in [-0.25, -0.2) is 8.42 Å². The molecule has 0 atom stereocenters. The Morgan fingerprint density at radius 2 is 2.06 bits per heavy atom. The standard InChI is InChI=1S/C9H15N3O2S2/c1-2-16(13,14)7-8(10)11-15-9(7)12-5-3-4-6-12/h2-6H2,1H3,(H2,10,11). The number of hydrogen-bond donors (Lipinski definition) is 1. The summed E-state index contributed by atoms with van der Waals surface area (Å²) >= 11 is 1.19. The first kappa shape index (κ1) is 11.7. The molecular weight excluding hydrogens is 246 g/mol. The molecule has 90 valence electrons. The minimum atomic E-state index is -3.27. The molecule has 1 saturated heterocycles. The van der Waals surface area contributed by atoms with Crippen LogP contribution >= 0.6 is 11.5 Å². The highest BCUT2D eigenvalue weighted by atomic mass is 32.2. The fraction of sp³-hybridized carbons (Fsp3) is 0.667. The summed E-state index contributed by atoms with van der Waals surface area (Å²) in [6.07, 6.45) is 2.20. The molecule has 2 heterocycles. The van der Waals surface area contributed by atoms with Crippen molar-refractivity contribution in [2.24, 2.45) is 0 Å². The lowest BCUT2D eigenvalue weighted by atomic mass is 10.4. The van der Waals surface area contributed by atoms with Gasteiger partial charge in [0.1, 0.15) is 9.90 Å². The van der Waals surface area contributed by atoms with Crippen LogP contribution < -0.4 is 10.6 Å². The van der Waals surface area contributed by atoms with Crippen LogP contribution in [-0.2, 0) is 9.84 Å². The van der Waals surface area contributed by atoms with Crippen LogP contribution in [-0.4, -0.2) is 31.6 Å². The zero-order valence-electron chi connectivity index (χ0n) is 9.14. The minimum Gasteiger partial charge on any atom is -0.382 e. The average Bonchev–Trinajstić information content (AvgIpc) is 2.85. The van der Waals surface area contributed by atoms with E-state index in [1.807, 2.05) is 0 Å². The van der Waals surface area contributed by atoms with Crippen molar-refractivity contribution in [1.29, 1.82) is 0 Å². The van der Waals surface area contributed by atoms with E-state index in [1.54, 1.807) is 6.92 Å². The monoisotopic (exact) mass is 261 g/mol. The topological polar surface area (TPSA) is 76.3 Å². The highest BCUT2D eigenvalue weighted by molar-refractivity contribution is 7.91. The van der Waals surface area contributed by atoms with Crippen LogP contribution in [0.25, 0.3) is 0 Å². The summed E-state index contributed by atoms with van der Waals surface area (Å²) in [7, 11) is -3.27. The molecule has 1 fully saturated rings. The predicted octanol–water partition coefficient (Wildman–Crippen LogP) is 1.12. The Bertz CT molecular complexity index is 475. The van der Waals surface area contributed by atoms with Gasteiger partial charge in [-0.05, 0) is 24.4 Å². The Kier molecular flexibility index (Phi) is 3.07. The van der Waals surface area contributed by atoms with Crippen molar-refractivity contribution in [1.82, 2.24) is 4.37 Å². The molecule has 16 heavy (non-hydrogen) atoms. The molecule has 2 N–H and O–H groups in total. The van der Waals surface area contributed by atoms with E-state index in [2.05, 4.69) is 9.27 Å². The van der Waals surface area contributed by atoms with Gasteiger partial charge in [-0.2, -0.15) is 4.37 Å². The average molecular weight is 261 g/mol. The van der Waals surface area contributed by atoms with Crippen LogP contribution in [0.5, 0.6) is 0 Å². The summed E-state index contributed by atoms with van der Waals surface area (Å²) in [5, 5.41) is 0.719. The molecule has 0 unspecified atom stereocenters. The van der Waals surface area contributed by atoms with Crippen LogP contribution in [0.2, 0.25) is 0 Å². The second-order valence-corrected chi connectivity index (χ2v) is 6.77. The Morgan fingerprint density at radius 3 is 2.62 bits per heavy atom. The molecule has 0 bridgehead atoms. The summed E-state index contributed by atoms with van der Waals surface area (Å²) < 4.78 is 27.8. The number of rotatable bonds is 3. The number of anilines is 2. The third kappa shape index (κ3) is 1.89. The minimum absolute atomic E-state index is 0.0659. The van der Waals surface area contributed by atoms with E-state index < -0.39 is 9.84 Å². The molecular formula is C9H15N3O2S2. The fourth-order valence-electron chi connectivity index (χ4n) is 1.84. The van der Waals surface area contributed by atoms with Crippen molar-refractivity contribution >= 4 is 32.2 Å². The van der Waals surface area contributed by atoms with E-state index in [0.29, 0.717) is 0 Å². The molecule has 0 amide bonds. The number of sulfone groups is 1. The molecule has 7 heteroatoms. The van der Waals surface area contributed by atoms with Crippen LogP contribution in [0.15, 0.2) is 4.90 Å². The normalized spacial score (nSPS) is 16.9. The van der Waals surface area contributed by atoms with Gasteiger partial charge in [0.25, 0.3) is 0 Å². The first-order valence-electron chi connectivity index (χ1n) is 5.29. The van der Waals surface area contributed by atoms with E-state index in [1.165, 1.54) is 11.5 Å². The van der Waals surface area contributed by atoms with Gasteiger partial charge < -0.3 is 10.6 Å². The van der Waals surface area contributed by atoms with Gasteiger partial charge in [0.15, 0.2) is 15.7 Å². The molecule has 0 radical (unpaired) electrons. The summed E-state index contributed by atoms with van der Waals surface area (Å²) in [5.41, 5.74) is 5.66. The van der Waals surface area contributed by atoms with Gasteiger partial charge in [0.05, 0.1) is 5.75 Å². The summed E-state index contributed by atoms with van der Waals surface area (Å²) in [6.45, 7) is 3.42. The zero-order valence-corrected chi connectivity index (χ0v) is 10.8. The summed E-state index contributed by atoms with van der Waals surface area (Å²) in [6, 6.07) is 0. The lowest BCUT2D eigenvalue weighted by Crippen LogP contribution is -2.19. The molecule has 0 aromatic carbocycles. The van der Waals surface area contributed by atoms with Crippen LogP contribution in [0, 0.1) is 0 Å². The second-order valence-electron chi connectivity index (χ2n) is 3.80. The highest BCUT2D eigenvalue weighted by Gasteiger charge is 2.28. The maximum atomic E-state index is 11.9. The van der Waals surface area contributed by atoms with E-state index in [9.17, 15) is 8.42 Å². The Morgan fingerprint density at radius 1 is 1.44 bits per heavy atom. The largest absolute Gasteiger partial charge is 0.382 e. The third-order valence-electron chi connectivity index (χ3n) is 2.74. The molecule has 2 rings (SSSR count). The fourth-order valence-corrected chi connectivity index (χ4v) is 4.20. The van der Waals surface area contributed by atoms with Crippen molar-refractivity contribution in [3.8, 4) is 0 Å². The first-order chi connectivity index (χ1) is 7.56. The summed E-state index contributed by atoms with van der Waals surface area (Å²) in [5.74, 6) is 0.213. The van der Waals surface area contributed by atoms with Crippen molar-refractivity contribution < 1.29 is 8.42 Å². The molecule has 1 aromatic heterocycles. The van der Waals surface area contributed by atoms with Gasteiger partial charge in [-0.1, -0.05) is 6.92 Å². The van der Waals surface area contributed by atoms with E-state index in [0.717, 1.165) is 30.9 Å². The van der Waals surface area contributed by atoms with Crippen LogP contribution in [0.1, 0.15) is 19.8 Å². The van der Waals surface area contributed by atoms with E-state index in [-0.39, 0.29) is 16.5 Å². The van der Waals surface area contributed by atoms with Gasteiger partial charge in [-0.15, -0.1) is 0 Å². The number of nitrogen functional groups attached to an aromatic ring is 1. The van der Waals surface area contributed by atoms with Crippen molar-refractivity contribution in [2.75, 3.05) is 29.5 Å². The predicted molar refractivity (Wildman–Crippen MR) is 65.7 cm³/mol. The molecule has 0 aliphatic carbocycles. The lowest BCUT2D eigenvalue weighted by molar-refractivity contribution is 0.597. The maximum Gasteiger partial charge on any atom is 0.184 e. The molecule has 0 saturated carbocycles. The van der Waals surface area contributed by atoms with Gasteiger partial charge in [0.2, 0.25) is 0 Å². The SMILES string of the molecule is CCS(=O)(=O)c1c(N)nsc1N1CCCC1. The van der Waals surface area contributed by atoms with Crippen LogP contribution in [0.3, 0.4) is 0 Å². The Balaban J connectivity index is 2.47. The Hall–Kier alpha value is -0.820. The van der Waals surface area contributed by atoms with Gasteiger partial charge in [0, 0.05) is 13.1 Å². The number of hydrogen-bond acceptors (Lipinski definition) is 6. The molecule has 0 spiro atoms. The molecule has 1 aliphatic heterocycles. The van der Waals surface area contributed by atoms with E-state index in [4.69, 9.17) is 5.73 Å². The maximum absolute atomic E-state index is 11.9. The highest BCUT2D eigenvalue weighted by Crippen LogP contribution is 2.36. The molecule has 5 nitrogen and oxygen atoms in total. The van der Waals surface area contributed by atoms with Crippen molar-refractivity contribution in [3.63, 3.8) is 0 Å². The summed E-state index contributed by atoms with van der Waals surface area (Å²) in [4.78, 5) is 2.30. The zero-order chi connectivity index (χ0) is 11.8. The van der Waals surface area contributed by atoms with Crippen molar-refractivity contribution in [3.05, 3.63) is 0 Å². The number of nitrogens with zero attached hydrogens (tertiary/aromatic N) is 2. The smallest absolute Gasteiger partial charge is 0.184 e. The van der Waals surface area contributed by atoms with Gasteiger partial charge in [-0.3, -0.25) is 0 Å².